The molecule has 2 aromatic rings. The molecule has 0 aliphatic rings. The van der Waals surface area contributed by atoms with E-state index >= 15 is 0 Å². The summed E-state index contributed by atoms with van der Waals surface area (Å²) in [6.07, 6.45) is 0.738. The summed E-state index contributed by atoms with van der Waals surface area (Å²) >= 11 is 0. The first-order valence-electron chi connectivity index (χ1n) is 6.85. The molecule has 0 heterocycles. The fourth-order valence-corrected chi connectivity index (χ4v) is 2.06. The van der Waals surface area contributed by atoms with E-state index in [1.807, 2.05) is 42.5 Å². The molecule has 0 aromatic heterocycles. The van der Waals surface area contributed by atoms with Crippen molar-refractivity contribution in [2.45, 2.75) is 13.0 Å². The topological polar surface area (TPSA) is 55.4 Å². The Kier molecular flexibility index (Phi) is 5.09. The molecule has 0 spiro atoms. The van der Waals surface area contributed by atoms with Gasteiger partial charge in [-0.1, -0.05) is 49.0 Å². The van der Waals surface area contributed by atoms with Crippen LogP contribution in [-0.2, 0) is 14.3 Å². The number of rotatable bonds is 5. The number of ether oxygens (including phenoxy) is 1. The van der Waals surface area contributed by atoms with Crippen molar-refractivity contribution in [2.24, 2.45) is 0 Å². The number of amides is 1. The Morgan fingerprint density at radius 1 is 1.05 bits per heavy atom. The van der Waals surface area contributed by atoms with Crippen molar-refractivity contribution >= 4 is 17.6 Å². The normalized spacial score (nSPS) is 11.3. The molecular weight excluding hydrogens is 278 g/mol. The molecule has 0 saturated carbocycles. The number of carbonyl (C=O) groups is 2. The van der Waals surface area contributed by atoms with Crippen LogP contribution in [0.25, 0.3) is 0 Å². The van der Waals surface area contributed by atoms with Crippen LogP contribution in [0.1, 0.15) is 24.2 Å². The van der Waals surface area contributed by atoms with Gasteiger partial charge in [-0.15, -0.1) is 0 Å². The van der Waals surface area contributed by atoms with Crippen LogP contribution >= 0.6 is 0 Å². The molecule has 0 aliphatic heterocycles. The molecule has 0 bridgehead atoms. The molecule has 1 N–H and O–H groups in total. The summed E-state index contributed by atoms with van der Waals surface area (Å²) in [6.45, 7) is 4.79. The van der Waals surface area contributed by atoms with Crippen molar-refractivity contribution in [3.63, 3.8) is 0 Å². The molecule has 0 aliphatic carbocycles. The molecule has 2 rings (SSSR count). The number of hydrogen-bond donors (Lipinski definition) is 1. The van der Waals surface area contributed by atoms with Gasteiger partial charge in [-0.2, -0.15) is 0 Å². The number of esters is 1. The summed E-state index contributed by atoms with van der Waals surface area (Å²) < 4.78 is 5.42. The summed E-state index contributed by atoms with van der Waals surface area (Å²) in [5.74, 6) is -0.620. The minimum atomic E-state index is -0.470. The van der Waals surface area contributed by atoms with Crippen LogP contribution in [0.5, 0.6) is 0 Å². The molecule has 1 amide bonds. The van der Waals surface area contributed by atoms with Crippen molar-refractivity contribution < 1.29 is 14.3 Å². The highest BCUT2D eigenvalue weighted by Gasteiger charge is 2.17. The minimum Gasteiger partial charge on any atom is -0.453 e. The van der Waals surface area contributed by atoms with E-state index in [4.69, 9.17) is 4.74 Å². The van der Waals surface area contributed by atoms with Crippen LogP contribution in [0, 0.1) is 0 Å². The SMILES string of the molecule is C=CC(=O)Nc1ccc(C(OC(C)=O)c2ccccc2)cc1. The smallest absolute Gasteiger partial charge is 0.303 e. The molecule has 4 nitrogen and oxygen atoms in total. The van der Waals surface area contributed by atoms with Gasteiger partial charge in [-0.05, 0) is 29.3 Å². The van der Waals surface area contributed by atoms with Gasteiger partial charge in [-0.3, -0.25) is 9.59 Å². The van der Waals surface area contributed by atoms with Crippen molar-refractivity contribution in [3.8, 4) is 0 Å². The Labute approximate surface area is 129 Å². The maximum Gasteiger partial charge on any atom is 0.303 e. The third kappa shape index (κ3) is 4.06. The van der Waals surface area contributed by atoms with Gasteiger partial charge in [-0.25, -0.2) is 0 Å². The van der Waals surface area contributed by atoms with Gasteiger partial charge in [0.15, 0.2) is 6.10 Å². The van der Waals surface area contributed by atoms with E-state index in [1.54, 1.807) is 12.1 Å². The molecular formula is C18H17NO3. The second kappa shape index (κ2) is 7.22. The van der Waals surface area contributed by atoms with Crippen molar-refractivity contribution in [2.75, 3.05) is 5.32 Å². The van der Waals surface area contributed by atoms with Gasteiger partial charge in [0.1, 0.15) is 0 Å². The van der Waals surface area contributed by atoms with Crippen LogP contribution < -0.4 is 5.32 Å². The highest BCUT2D eigenvalue weighted by Crippen LogP contribution is 2.27. The van der Waals surface area contributed by atoms with Crippen LogP contribution in [0.3, 0.4) is 0 Å². The van der Waals surface area contributed by atoms with E-state index in [0.717, 1.165) is 11.1 Å². The van der Waals surface area contributed by atoms with E-state index in [1.165, 1.54) is 13.0 Å². The van der Waals surface area contributed by atoms with Crippen LogP contribution in [0.4, 0.5) is 5.69 Å². The quantitative estimate of drug-likeness (QED) is 0.679. The zero-order valence-electron chi connectivity index (χ0n) is 12.3. The molecule has 2 aromatic carbocycles. The first-order chi connectivity index (χ1) is 10.6. The molecule has 112 valence electrons. The van der Waals surface area contributed by atoms with Crippen LogP contribution in [-0.4, -0.2) is 11.9 Å². The number of hydrogen-bond acceptors (Lipinski definition) is 3. The number of benzene rings is 2. The summed E-state index contributed by atoms with van der Waals surface area (Å²) in [5.41, 5.74) is 2.38. The fraction of sp³-hybridized carbons (Fsp3) is 0.111. The van der Waals surface area contributed by atoms with E-state index in [2.05, 4.69) is 11.9 Å². The molecule has 4 heteroatoms. The Morgan fingerprint density at radius 3 is 2.18 bits per heavy atom. The molecule has 0 radical (unpaired) electrons. The Balaban J connectivity index is 2.26. The van der Waals surface area contributed by atoms with Crippen molar-refractivity contribution in [1.29, 1.82) is 0 Å². The van der Waals surface area contributed by atoms with E-state index in [9.17, 15) is 9.59 Å². The predicted molar refractivity (Wildman–Crippen MR) is 85.3 cm³/mol. The lowest BCUT2D eigenvalue weighted by Crippen LogP contribution is -2.11. The summed E-state index contributed by atoms with van der Waals surface area (Å²) in [6, 6.07) is 16.7. The molecule has 0 fully saturated rings. The Morgan fingerprint density at radius 2 is 1.64 bits per heavy atom. The van der Waals surface area contributed by atoms with Gasteiger partial charge in [0.25, 0.3) is 0 Å². The van der Waals surface area contributed by atoms with E-state index < -0.39 is 6.10 Å². The predicted octanol–water partition coefficient (Wildman–Crippen LogP) is 3.46. The van der Waals surface area contributed by atoms with Gasteiger partial charge >= 0.3 is 5.97 Å². The number of anilines is 1. The first kappa shape index (κ1) is 15.5. The fourth-order valence-electron chi connectivity index (χ4n) is 2.06. The molecule has 22 heavy (non-hydrogen) atoms. The van der Waals surface area contributed by atoms with Gasteiger partial charge in [0.05, 0.1) is 0 Å². The first-order valence-corrected chi connectivity index (χ1v) is 6.85. The lowest BCUT2D eigenvalue weighted by atomic mass is 10.0. The maximum absolute atomic E-state index is 11.4. The van der Waals surface area contributed by atoms with Gasteiger partial charge < -0.3 is 10.1 Å². The zero-order valence-corrected chi connectivity index (χ0v) is 12.3. The van der Waals surface area contributed by atoms with E-state index in [0.29, 0.717) is 5.69 Å². The third-order valence-electron chi connectivity index (χ3n) is 3.05. The highest BCUT2D eigenvalue weighted by molar-refractivity contribution is 5.98. The third-order valence-corrected chi connectivity index (χ3v) is 3.05. The van der Waals surface area contributed by atoms with Crippen molar-refractivity contribution in [1.82, 2.24) is 0 Å². The van der Waals surface area contributed by atoms with Gasteiger partial charge in [0, 0.05) is 12.6 Å². The maximum atomic E-state index is 11.4. The minimum absolute atomic E-state index is 0.271. The van der Waals surface area contributed by atoms with Gasteiger partial charge in [0.2, 0.25) is 5.91 Å². The average molecular weight is 295 g/mol. The molecule has 1 atom stereocenters. The Bertz CT molecular complexity index is 662. The monoisotopic (exact) mass is 295 g/mol. The second-order valence-electron chi connectivity index (χ2n) is 4.72. The van der Waals surface area contributed by atoms with Crippen LogP contribution in [0.15, 0.2) is 67.3 Å². The standard InChI is InChI=1S/C18H17NO3/c1-3-17(21)19-16-11-9-15(10-12-16)18(22-13(2)20)14-7-5-4-6-8-14/h3-12,18H,1H2,2H3,(H,19,21). The van der Waals surface area contributed by atoms with Crippen LogP contribution in [0.2, 0.25) is 0 Å². The highest BCUT2D eigenvalue weighted by atomic mass is 16.5. The molecule has 1 unspecified atom stereocenters. The second-order valence-corrected chi connectivity index (χ2v) is 4.72. The lowest BCUT2D eigenvalue weighted by molar-refractivity contribution is -0.144. The Hall–Kier alpha value is -2.88. The largest absolute Gasteiger partial charge is 0.453 e. The molecule has 0 saturated heterocycles. The number of carbonyl (C=O) groups excluding carboxylic acids is 2. The van der Waals surface area contributed by atoms with Crippen molar-refractivity contribution in [3.05, 3.63) is 78.4 Å². The average Bonchev–Trinajstić information content (AvgIpc) is 2.54. The summed E-state index contributed by atoms with van der Waals surface area (Å²) in [5, 5.41) is 2.67. The number of nitrogens with one attached hydrogen (secondary N) is 1. The zero-order chi connectivity index (χ0) is 15.9. The van der Waals surface area contributed by atoms with E-state index in [-0.39, 0.29) is 11.9 Å². The summed E-state index contributed by atoms with van der Waals surface area (Å²) in [4.78, 5) is 22.6. The lowest BCUT2D eigenvalue weighted by Gasteiger charge is -2.18. The summed E-state index contributed by atoms with van der Waals surface area (Å²) in [7, 11) is 0.